The fourth-order valence-corrected chi connectivity index (χ4v) is 3.94. The van der Waals surface area contributed by atoms with Crippen LogP contribution in [0.3, 0.4) is 0 Å². The molecule has 2 heterocycles. The number of furan rings is 1. The number of anilines is 1. The lowest BCUT2D eigenvalue weighted by Gasteiger charge is -2.34. The number of nitrogens with one attached hydrogen (secondary N) is 2. The van der Waals surface area contributed by atoms with Gasteiger partial charge in [0.25, 0.3) is 0 Å². The Morgan fingerprint density at radius 1 is 1.18 bits per heavy atom. The molecule has 5 nitrogen and oxygen atoms in total. The summed E-state index contributed by atoms with van der Waals surface area (Å²) in [4.78, 5) is 15.0. The maximum Gasteiger partial charge on any atom is 0.225 e. The lowest BCUT2D eigenvalue weighted by molar-refractivity contribution is -0.116. The SMILES string of the molecule is Cc1ccc(NC(=O)CC(C)NCC(c2ccco2)N2CCCCC2)c(C)c1. The molecule has 2 N–H and O–H groups in total. The van der Waals surface area contributed by atoms with Crippen molar-refractivity contribution in [2.24, 2.45) is 0 Å². The fourth-order valence-electron chi connectivity index (χ4n) is 3.94. The predicted molar refractivity (Wildman–Crippen MR) is 114 cm³/mol. The minimum Gasteiger partial charge on any atom is -0.468 e. The van der Waals surface area contributed by atoms with Crippen molar-refractivity contribution in [3.8, 4) is 0 Å². The van der Waals surface area contributed by atoms with Gasteiger partial charge in [-0.2, -0.15) is 0 Å². The highest BCUT2D eigenvalue weighted by atomic mass is 16.3. The number of amides is 1. The monoisotopic (exact) mass is 383 g/mol. The Labute approximate surface area is 168 Å². The molecule has 0 aliphatic carbocycles. The summed E-state index contributed by atoms with van der Waals surface area (Å²) >= 11 is 0. The first-order chi connectivity index (χ1) is 13.5. The summed E-state index contributed by atoms with van der Waals surface area (Å²) in [7, 11) is 0. The van der Waals surface area contributed by atoms with Crippen LogP contribution in [0.5, 0.6) is 0 Å². The molecule has 1 amide bonds. The standard InChI is InChI=1S/C23H33N3O2/c1-17-9-10-20(18(2)14-17)25-23(27)15-19(3)24-16-21(22-8-7-13-28-22)26-11-5-4-6-12-26/h7-10,13-14,19,21,24H,4-6,11-12,15-16H2,1-3H3,(H,25,27). The average molecular weight is 384 g/mol. The third-order valence-corrected chi connectivity index (χ3v) is 5.51. The van der Waals surface area contributed by atoms with Crippen LogP contribution in [-0.2, 0) is 4.79 Å². The van der Waals surface area contributed by atoms with Crippen LogP contribution in [0, 0.1) is 13.8 Å². The van der Waals surface area contributed by atoms with Gasteiger partial charge in [0.05, 0.1) is 12.3 Å². The van der Waals surface area contributed by atoms with E-state index in [1.165, 1.54) is 24.8 Å². The molecule has 1 aliphatic heterocycles. The third kappa shape index (κ3) is 5.69. The van der Waals surface area contributed by atoms with Crippen molar-refractivity contribution in [1.29, 1.82) is 0 Å². The molecule has 0 saturated carbocycles. The van der Waals surface area contributed by atoms with E-state index in [4.69, 9.17) is 4.42 Å². The average Bonchev–Trinajstić information content (AvgIpc) is 3.19. The van der Waals surface area contributed by atoms with E-state index in [-0.39, 0.29) is 18.0 Å². The number of piperidine rings is 1. The Bertz CT molecular complexity index is 751. The van der Waals surface area contributed by atoms with Crippen molar-refractivity contribution < 1.29 is 9.21 Å². The Kier molecular flexibility index (Phi) is 7.29. The van der Waals surface area contributed by atoms with Gasteiger partial charge in [0.15, 0.2) is 0 Å². The van der Waals surface area contributed by atoms with Crippen LogP contribution in [-0.4, -0.2) is 36.5 Å². The van der Waals surface area contributed by atoms with Crippen molar-refractivity contribution in [3.05, 3.63) is 53.5 Å². The Hall–Kier alpha value is -2.11. The van der Waals surface area contributed by atoms with Gasteiger partial charge in [0.1, 0.15) is 5.76 Å². The topological polar surface area (TPSA) is 57.5 Å². The molecule has 2 atom stereocenters. The minimum absolute atomic E-state index is 0.0412. The maximum absolute atomic E-state index is 12.5. The van der Waals surface area contributed by atoms with E-state index < -0.39 is 0 Å². The smallest absolute Gasteiger partial charge is 0.225 e. The summed E-state index contributed by atoms with van der Waals surface area (Å²) in [5.41, 5.74) is 3.19. The summed E-state index contributed by atoms with van der Waals surface area (Å²) in [5.74, 6) is 1.04. The van der Waals surface area contributed by atoms with Crippen LogP contribution >= 0.6 is 0 Å². The van der Waals surface area contributed by atoms with Crippen LogP contribution in [0.25, 0.3) is 0 Å². The lowest BCUT2D eigenvalue weighted by atomic mass is 10.1. The van der Waals surface area contributed by atoms with Crippen LogP contribution in [0.2, 0.25) is 0 Å². The first-order valence-electron chi connectivity index (χ1n) is 10.4. The van der Waals surface area contributed by atoms with Crippen molar-refractivity contribution in [1.82, 2.24) is 10.2 Å². The summed E-state index contributed by atoms with van der Waals surface area (Å²) in [6, 6.07) is 10.4. The van der Waals surface area contributed by atoms with Gasteiger partial charge < -0.3 is 15.1 Å². The van der Waals surface area contributed by atoms with Crippen LogP contribution < -0.4 is 10.6 Å². The van der Waals surface area contributed by atoms with E-state index in [1.807, 2.05) is 25.1 Å². The number of aryl methyl sites for hydroxylation is 2. The van der Waals surface area contributed by atoms with E-state index in [0.717, 1.165) is 36.6 Å². The Balaban J connectivity index is 1.52. The summed E-state index contributed by atoms with van der Waals surface area (Å²) < 4.78 is 5.70. The van der Waals surface area contributed by atoms with Crippen molar-refractivity contribution >= 4 is 11.6 Å². The molecule has 3 rings (SSSR count). The molecule has 0 spiro atoms. The van der Waals surface area contributed by atoms with Crippen LogP contribution in [0.15, 0.2) is 41.0 Å². The molecule has 5 heteroatoms. The summed E-state index contributed by atoms with van der Waals surface area (Å²) in [6.45, 7) is 9.14. The molecule has 2 unspecified atom stereocenters. The van der Waals surface area contributed by atoms with E-state index in [1.54, 1.807) is 6.26 Å². The van der Waals surface area contributed by atoms with Gasteiger partial charge in [-0.1, -0.05) is 24.1 Å². The van der Waals surface area contributed by atoms with E-state index >= 15 is 0 Å². The van der Waals surface area contributed by atoms with E-state index in [2.05, 4.69) is 41.5 Å². The molecule has 2 aromatic rings. The van der Waals surface area contributed by atoms with Gasteiger partial charge in [0, 0.05) is 24.7 Å². The predicted octanol–water partition coefficient (Wildman–Crippen LogP) is 4.43. The lowest BCUT2D eigenvalue weighted by Crippen LogP contribution is -2.41. The highest BCUT2D eigenvalue weighted by Crippen LogP contribution is 2.24. The normalized spacial score (nSPS) is 17.2. The number of benzene rings is 1. The van der Waals surface area contributed by atoms with Crippen molar-refractivity contribution in [2.45, 2.75) is 58.5 Å². The molecule has 0 radical (unpaired) electrons. The largest absolute Gasteiger partial charge is 0.468 e. The molecule has 1 fully saturated rings. The summed E-state index contributed by atoms with van der Waals surface area (Å²) in [6.07, 6.45) is 5.98. The highest BCUT2D eigenvalue weighted by molar-refractivity contribution is 5.91. The van der Waals surface area contributed by atoms with Gasteiger partial charge >= 0.3 is 0 Å². The van der Waals surface area contributed by atoms with Crippen LogP contribution in [0.4, 0.5) is 5.69 Å². The molecule has 1 aromatic carbocycles. The molecular weight excluding hydrogens is 350 g/mol. The van der Waals surface area contributed by atoms with Gasteiger partial charge in [-0.25, -0.2) is 0 Å². The molecule has 28 heavy (non-hydrogen) atoms. The third-order valence-electron chi connectivity index (χ3n) is 5.51. The summed E-state index contributed by atoms with van der Waals surface area (Å²) in [5, 5.41) is 6.59. The van der Waals surface area contributed by atoms with Gasteiger partial charge in [-0.05, 0) is 70.5 Å². The number of carbonyl (C=O) groups is 1. The number of hydrogen-bond donors (Lipinski definition) is 2. The second-order valence-corrected chi connectivity index (χ2v) is 8.01. The zero-order valence-electron chi connectivity index (χ0n) is 17.3. The van der Waals surface area contributed by atoms with Gasteiger partial charge in [-0.15, -0.1) is 0 Å². The molecule has 152 valence electrons. The second-order valence-electron chi connectivity index (χ2n) is 8.01. The Morgan fingerprint density at radius 2 is 1.96 bits per heavy atom. The molecule has 1 aromatic heterocycles. The molecule has 1 saturated heterocycles. The molecular formula is C23H33N3O2. The fraction of sp³-hybridized carbons (Fsp3) is 0.522. The number of hydrogen-bond acceptors (Lipinski definition) is 4. The van der Waals surface area contributed by atoms with E-state index in [0.29, 0.717) is 6.42 Å². The van der Waals surface area contributed by atoms with E-state index in [9.17, 15) is 4.79 Å². The number of rotatable bonds is 8. The first kappa shape index (κ1) is 20.6. The van der Waals surface area contributed by atoms with Crippen LogP contribution in [0.1, 0.15) is 55.5 Å². The second kappa shape index (κ2) is 9.89. The quantitative estimate of drug-likeness (QED) is 0.708. The first-order valence-corrected chi connectivity index (χ1v) is 10.4. The van der Waals surface area contributed by atoms with Gasteiger partial charge in [0.2, 0.25) is 5.91 Å². The number of nitrogens with zero attached hydrogens (tertiary/aromatic N) is 1. The molecule has 1 aliphatic rings. The zero-order valence-corrected chi connectivity index (χ0v) is 17.3. The molecule has 0 bridgehead atoms. The van der Waals surface area contributed by atoms with Crippen molar-refractivity contribution in [2.75, 3.05) is 25.0 Å². The zero-order chi connectivity index (χ0) is 19.9. The maximum atomic E-state index is 12.5. The van der Waals surface area contributed by atoms with Gasteiger partial charge in [-0.3, -0.25) is 9.69 Å². The van der Waals surface area contributed by atoms with Crippen molar-refractivity contribution in [3.63, 3.8) is 0 Å². The highest BCUT2D eigenvalue weighted by Gasteiger charge is 2.25. The number of carbonyl (C=O) groups excluding carboxylic acids is 1. The minimum atomic E-state index is 0.0412. The number of likely N-dealkylation sites (tertiary alicyclic amines) is 1. The Morgan fingerprint density at radius 3 is 2.64 bits per heavy atom.